The molecule has 0 aromatic heterocycles. The van der Waals surface area contributed by atoms with E-state index in [1.165, 1.54) is 0 Å². The second kappa shape index (κ2) is 14.1. The molecule has 0 fully saturated rings. The molecule has 39 heavy (non-hydrogen) atoms. The molecule has 0 aliphatic rings. The first kappa shape index (κ1) is 27.8. The molecule has 0 radical (unpaired) electrons. The van der Waals surface area contributed by atoms with Gasteiger partial charge < -0.3 is 10.2 Å². The molecule has 0 bridgehead atoms. The predicted octanol–water partition coefficient (Wildman–Crippen LogP) is 6.68. The second-order valence-electron chi connectivity index (χ2n) is 10.1. The number of nitrogens with zero attached hydrogens (tertiary/aromatic N) is 1. The van der Waals surface area contributed by atoms with E-state index < -0.39 is 6.04 Å². The van der Waals surface area contributed by atoms with E-state index in [2.05, 4.69) is 41.7 Å². The van der Waals surface area contributed by atoms with Gasteiger partial charge in [-0.05, 0) is 35.6 Å². The van der Waals surface area contributed by atoms with Crippen molar-refractivity contribution in [3.05, 3.63) is 143 Å². The zero-order valence-electron chi connectivity index (χ0n) is 22.9. The molecule has 200 valence electrons. The topological polar surface area (TPSA) is 49.4 Å². The van der Waals surface area contributed by atoms with Gasteiger partial charge >= 0.3 is 0 Å². The maximum Gasteiger partial charge on any atom is 0.243 e. The van der Waals surface area contributed by atoms with E-state index in [9.17, 15) is 9.59 Å². The lowest BCUT2D eigenvalue weighted by atomic mass is 9.87. The van der Waals surface area contributed by atoms with Crippen LogP contribution in [0.25, 0.3) is 0 Å². The van der Waals surface area contributed by atoms with Crippen LogP contribution >= 0.6 is 0 Å². The first-order valence-electron chi connectivity index (χ1n) is 13.8. The third-order valence-electron chi connectivity index (χ3n) is 7.08. The predicted molar refractivity (Wildman–Crippen MR) is 158 cm³/mol. The Bertz CT molecular complexity index is 1270. The molecular formula is C35H38N2O2. The monoisotopic (exact) mass is 518 g/mol. The number of hydrogen-bond acceptors (Lipinski definition) is 2. The van der Waals surface area contributed by atoms with Gasteiger partial charge in [-0.2, -0.15) is 0 Å². The van der Waals surface area contributed by atoms with E-state index in [0.717, 1.165) is 34.2 Å². The molecule has 0 unspecified atom stereocenters. The van der Waals surface area contributed by atoms with E-state index in [4.69, 9.17) is 0 Å². The normalized spacial score (nSPS) is 11.7. The van der Waals surface area contributed by atoms with Crippen LogP contribution in [0.4, 0.5) is 0 Å². The molecule has 1 N–H and O–H groups in total. The first-order valence-corrected chi connectivity index (χ1v) is 13.8. The number of nitrogens with one attached hydrogen (secondary N) is 1. The van der Waals surface area contributed by atoms with Crippen molar-refractivity contribution >= 4 is 11.8 Å². The Kier molecular flexibility index (Phi) is 10.1. The fraction of sp³-hybridized carbons (Fsp3) is 0.257. The molecule has 0 saturated carbocycles. The molecule has 1 atom stereocenters. The Morgan fingerprint density at radius 3 is 1.79 bits per heavy atom. The number of carbonyl (C=O) groups excluding carboxylic acids is 2. The highest BCUT2D eigenvalue weighted by molar-refractivity contribution is 5.88. The summed E-state index contributed by atoms with van der Waals surface area (Å²) < 4.78 is 0. The van der Waals surface area contributed by atoms with Gasteiger partial charge in [-0.3, -0.25) is 9.59 Å². The molecule has 2 amide bonds. The summed E-state index contributed by atoms with van der Waals surface area (Å²) in [4.78, 5) is 29.7. The number of benzene rings is 4. The molecule has 4 aromatic carbocycles. The second-order valence-corrected chi connectivity index (χ2v) is 10.1. The maximum atomic E-state index is 14.3. The number of carbonyl (C=O) groups is 2. The molecule has 4 nitrogen and oxygen atoms in total. The van der Waals surface area contributed by atoms with Crippen LogP contribution in [0.1, 0.15) is 53.5 Å². The standard InChI is InChI=1S/C35H38N2O2/c1-3-23-36-35(39)33(24-28-13-7-4-8-14-28)37(26-29-21-19-27(2)20-22-29)34(38)25-32(30-15-9-5-10-16-30)31-17-11-6-12-18-31/h4-22,32-33H,3,23-26H2,1-2H3,(H,36,39)/t33-/m1/s1. The lowest BCUT2D eigenvalue weighted by molar-refractivity contribution is -0.141. The Hall–Kier alpha value is -4.18. The van der Waals surface area contributed by atoms with Crippen LogP contribution in [0.3, 0.4) is 0 Å². The summed E-state index contributed by atoms with van der Waals surface area (Å²) >= 11 is 0. The number of rotatable bonds is 12. The van der Waals surface area contributed by atoms with Crippen LogP contribution in [0.15, 0.2) is 115 Å². The number of amides is 2. The van der Waals surface area contributed by atoms with Crippen LogP contribution < -0.4 is 5.32 Å². The highest BCUT2D eigenvalue weighted by atomic mass is 16.2. The molecule has 0 aliphatic carbocycles. The fourth-order valence-corrected chi connectivity index (χ4v) is 4.90. The lowest BCUT2D eigenvalue weighted by Crippen LogP contribution is -2.50. The van der Waals surface area contributed by atoms with Crippen molar-refractivity contribution in [3.63, 3.8) is 0 Å². The van der Waals surface area contributed by atoms with Crippen molar-refractivity contribution in [2.24, 2.45) is 0 Å². The zero-order valence-corrected chi connectivity index (χ0v) is 22.9. The van der Waals surface area contributed by atoms with E-state index in [1.54, 1.807) is 4.90 Å². The average Bonchev–Trinajstić information content (AvgIpc) is 2.98. The van der Waals surface area contributed by atoms with Crippen LogP contribution in [0.5, 0.6) is 0 Å². The molecule has 4 heteroatoms. The Morgan fingerprint density at radius 2 is 1.26 bits per heavy atom. The van der Waals surface area contributed by atoms with Crippen molar-refractivity contribution in [2.75, 3.05) is 6.54 Å². The van der Waals surface area contributed by atoms with Crippen molar-refractivity contribution < 1.29 is 9.59 Å². The van der Waals surface area contributed by atoms with Gasteiger partial charge in [0.1, 0.15) is 6.04 Å². The van der Waals surface area contributed by atoms with E-state index in [0.29, 0.717) is 19.5 Å². The Labute approximate surface area is 232 Å². The van der Waals surface area contributed by atoms with Gasteiger partial charge in [-0.15, -0.1) is 0 Å². The van der Waals surface area contributed by atoms with Gasteiger partial charge in [0, 0.05) is 31.8 Å². The summed E-state index contributed by atoms with van der Waals surface area (Å²) in [5.74, 6) is -0.269. The van der Waals surface area contributed by atoms with Crippen molar-refractivity contribution in [3.8, 4) is 0 Å². The van der Waals surface area contributed by atoms with E-state index in [-0.39, 0.29) is 24.2 Å². The summed E-state index contributed by atoms with van der Waals surface area (Å²) in [5.41, 5.74) is 5.36. The third-order valence-corrected chi connectivity index (χ3v) is 7.08. The highest BCUT2D eigenvalue weighted by Gasteiger charge is 2.32. The van der Waals surface area contributed by atoms with Crippen LogP contribution in [0, 0.1) is 6.92 Å². The summed E-state index contributed by atoms with van der Waals surface area (Å²) in [5, 5.41) is 3.07. The van der Waals surface area contributed by atoms with E-state index >= 15 is 0 Å². The van der Waals surface area contributed by atoms with Crippen LogP contribution in [-0.4, -0.2) is 29.3 Å². The van der Waals surface area contributed by atoms with Crippen LogP contribution in [-0.2, 0) is 22.6 Å². The zero-order chi connectivity index (χ0) is 27.5. The van der Waals surface area contributed by atoms with Gasteiger partial charge in [0.2, 0.25) is 11.8 Å². The third kappa shape index (κ3) is 7.90. The summed E-state index contributed by atoms with van der Waals surface area (Å²) in [6, 6.07) is 37.9. The molecular weight excluding hydrogens is 480 g/mol. The van der Waals surface area contributed by atoms with Crippen molar-refractivity contribution in [1.82, 2.24) is 10.2 Å². The number of hydrogen-bond donors (Lipinski definition) is 1. The van der Waals surface area contributed by atoms with Gasteiger partial charge in [0.15, 0.2) is 0 Å². The fourth-order valence-electron chi connectivity index (χ4n) is 4.90. The maximum absolute atomic E-state index is 14.3. The van der Waals surface area contributed by atoms with Gasteiger partial charge in [-0.25, -0.2) is 0 Å². The smallest absolute Gasteiger partial charge is 0.243 e. The minimum Gasteiger partial charge on any atom is -0.354 e. The quantitative estimate of drug-likeness (QED) is 0.227. The van der Waals surface area contributed by atoms with Gasteiger partial charge in [0.05, 0.1) is 0 Å². The SMILES string of the molecule is CCCNC(=O)[C@@H](Cc1ccccc1)N(Cc1ccc(C)cc1)C(=O)CC(c1ccccc1)c1ccccc1. The van der Waals surface area contributed by atoms with E-state index in [1.807, 2.05) is 92.7 Å². The molecule has 4 rings (SSSR count). The average molecular weight is 519 g/mol. The molecule has 0 saturated heterocycles. The Balaban J connectivity index is 1.71. The highest BCUT2D eigenvalue weighted by Crippen LogP contribution is 2.30. The lowest BCUT2D eigenvalue weighted by Gasteiger charge is -2.33. The Morgan fingerprint density at radius 1 is 0.718 bits per heavy atom. The largest absolute Gasteiger partial charge is 0.354 e. The van der Waals surface area contributed by atoms with Crippen LogP contribution in [0.2, 0.25) is 0 Å². The summed E-state index contributed by atoms with van der Waals surface area (Å²) in [6.07, 6.45) is 1.56. The molecule has 0 heterocycles. The summed E-state index contributed by atoms with van der Waals surface area (Å²) in [6.45, 7) is 5.03. The van der Waals surface area contributed by atoms with Gasteiger partial charge in [0.25, 0.3) is 0 Å². The first-order chi connectivity index (χ1) is 19.0. The number of aryl methyl sites for hydroxylation is 1. The minimum absolute atomic E-state index is 0.0409. The molecule has 0 aliphatic heterocycles. The molecule has 0 spiro atoms. The van der Waals surface area contributed by atoms with Crippen molar-refractivity contribution in [2.45, 2.75) is 51.6 Å². The minimum atomic E-state index is -0.625. The van der Waals surface area contributed by atoms with Gasteiger partial charge in [-0.1, -0.05) is 128 Å². The van der Waals surface area contributed by atoms with Crippen molar-refractivity contribution in [1.29, 1.82) is 0 Å². The summed E-state index contributed by atoms with van der Waals surface area (Å²) in [7, 11) is 0. The molecule has 4 aromatic rings.